The lowest BCUT2D eigenvalue weighted by Crippen LogP contribution is -2.38. The van der Waals surface area contributed by atoms with E-state index in [2.05, 4.69) is 47.8 Å². The summed E-state index contributed by atoms with van der Waals surface area (Å²) >= 11 is 10.4. The van der Waals surface area contributed by atoms with Crippen LogP contribution in [0, 0.1) is 0 Å². The van der Waals surface area contributed by atoms with Crippen molar-refractivity contribution in [1.29, 1.82) is 0 Å². The number of piperidine rings is 1. The van der Waals surface area contributed by atoms with Gasteiger partial charge in [0.1, 0.15) is 0 Å². The Hall–Kier alpha value is 0.130. The van der Waals surface area contributed by atoms with Crippen LogP contribution in [-0.2, 0) is 0 Å². The van der Waals surface area contributed by atoms with E-state index in [4.69, 9.17) is 0 Å². The molecular weight excluding hydrogens is 414 g/mol. The predicted octanol–water partition coefficient (Wildman–Crippen LogP) is 4.21. The molecule has 1 saturated heterocycles. The molecule has 1 fully saturated rings. The van der Waals surface area contributed by atoms with E-state index < -0.39 is 0 Å². The summed E-state index contributed by atoms with van der Waals surface area (Å²) in [6.07, 6.45) is 2.06. The highest BCUT2D eigenvalue weighted by atomic mass is 79.9. The number of carbonyl (C=O) groups excluding carboxylic acids is 1. The average molecular weight is 426 g/mol. The summed E-state index contributed by atoms with van der Waals surface area (Å²) in [5.74, 6) is 0.117. The Morgan fingerprint density at radius 1 is 1.12 bits per heavy atom. The molecule has 1 aliphatic heterocycles. The van der Waals surface area contributed by atoms with Crippen molar-refractivity contribution < 1.29 is 4.79 Å². The van der Waals surface area contributed by atoms with Crippen LogP contribution in [0.25, 0.3) is 0 Å². The van der Waals surface area contributed by atoms with E-state index in [1.807, 2.05) is 23.1 Å². The molecule has 0 spiro atoms. The molecule has 17 heavy (non-hydrogen) atoms. The van der Waals surface area contributed by atoms with Crippen LogP contribution in [0.2, 0.25) is 0 Å². The summed E-state index contributed by atoms with van der Waals surface area (Å²) < 4.78 is 1.84. The number of halogens is 3. The molecule has 0 atom stereocenters. The summed E-state index contributed by atoms with van der Waals surface area (Å²) in [4.78, 5) is 14.8. The number of carbonyl (C=O) groups is 1. The lowest BCUT2D eigenvalue weighted by atomic mass is 10.1. The number of amides is 1. The van der Waals surface area contributed by atoms with Crippen molar-refractivity contribution in [3.63, 3.8) is 0 Å². The third-order valence-electron chi connectivity index (χ3n) is 2.82. The molecular formula is C12H12Br3NO. The van der Waals surface area contributed by atoms with E-state index >= 15 is 0 Å². The molecule has 1 aromatic carbocycles. The van der Waals surface area contributed by atoms with Gasteiger partial charge in [0, 0.05) is 32.4 Å². The molecule has 0 bridgehead atoms. The minimum Gasteiger partial charge on any atom is -0.339 e. The first-order chi connectivity index (χ1) is 8.06. The number of likely N-dealkylation sites (tertiary alicyclic amines) is 1. The van der Waals surface area contributed by atoms with E-state index in [-0.39, 0.29) is 5.91 Å². The predicted molar refractivity (Wildman–Crippen MR) is 79.7 cm³/mol. The zero-order valence-corrected chi connectivity index (χ0v) is 13.9. The molecule has 5 heteroatoms. The van der Waals surface area contributed by atoms with Gasteiger partial charge in [0.05, 0.1) is 0 Å². The maximum Gasteiger partial charge on any atom is 0.253 e. The summed E-state index contributed by atoms with van der Waals surface area (Å²) in [5, 5.41) is 0. The number of rotatable bonds is 1. The van der Waals surface area contributed by atoms with Crippen molar-refractivity contribution in [3.8, 4) is 0 Å². The van der Waals surface area contributed by atoms with Gasteiger partial charge in [0.25, 0.3) is 5.91 Å². The van der Waals surface area contributed by atoms with Crippen LogP contribution in [0.3, 0.4) is 0 Å². The largest absolute Gasteiger partial charge is 0.339 e. The van der Waals surface area contributed by atoms with Crippen molar-refractivity contribution in [2.24, 2.45) is 0 Å². The number of hydrogen-bond donors (Lipinski definition) is 0. The maximum atomic E-state index is 12.3. The molecule has 1 aliphatic rings. The van der Waals surface area contributed by atoms with Gasteiger partial charge >= 0.3 is 0 Å². The molecule has 0 radical (unpaired) electrons. The first-order valence-electron chi connectivity index (χ1n) is 5.45. The number of nitrogens with zero attached hydrogens (tertiary/aromatic N) is 1. The Balaban J connectivity index is 2.14. The van der Waals surface area contributed by atoms with Gasteiger partial charge < -0.3 is 4.90 Å². The zero-order chi connectivity index (χ0) is 12.4. The van der Waals surface area contributed by atoms with Crippen molar-refractivity contribution in [1.82, 2.24) is 4.90 Å². The van der Waals surface area contributed by atoms with E-state index in [9.17, 15) is 4.79 Å². The number of alkyl halides is 1. The Labute approximate surface area is 126 Å². The van der Waals surface area contributed by atoms with Gasteiger partial charge in [-0.15, -0.1) is 0 Å². The summed E-state index contributed by atoms with van der Waals surface area (Å²) in [7, 11) is 0. The molecule has 1 amide bonds. The SMILES string of the molecule is O=C(c1cc(Br)cc(Br)c1)N1CCC(Br)CC1. The summed E-state index contributed by atoms with van der Waals surface area (Å²) in [5.41, 5.74) is 0.735. The van der Waals surface area contributed by atoms with Crippen LogP contribution in [-0.4, -0.2) is 28.7 Å². The van der Waals surface area contributed by atoms with E-state index in [0.717, 1.165) is 40.4 Å². The van der Waals surface area contributed by atoms with E-state index in [1.165, 1.54) is 0 Å². The van der Waals surface area contributed by atoms with Gasteiger partial charge in [-0.2, -0.15) is 0 Å². The molecule has 0 N–H and O–H groups in total. The van der Waals surface area contributed by atoms with Crippen molar-refractivity contribution >= 4 is 53.7 Å². The highest BCUT2D eigenvalue weighted by Gasteiger charge is 2.22. The van der Waals surface area contributed by atoms with Crippen LogP contribution in [0.1, 0.15) is 23.2 Å². The first kappa shape index (κ1) is 13.6. The van der Waals surface area contributed by atoms with Gasteiger partial charge in [-0.05, 0) is 31.0 Å². The third-order valence-corrected chi connectivity index (χ3v) is 4.65. The van der Waals surface area contributed by atoms with Crippen molar-refractivity contribution in [2.45, 2.75) is 17.7 Å². The Bertz CT molecular complexity index is 408. The first-order valence-corrected chi connectivity index (χ1v) is 7.96. The normalized spacial score (nSPS) is 17.2. The molecule has 1 heterocycles. The zero-order valence-electron chi connectivity index (χ0n) is 9.13. The lowest BCUT2D eigenvalue weighted by Gasteiger charge is -2.29. The van der Waals surface area contributed by atoms with Gasteiger partial charge in [-0.25, -0.2) is 0 Å². The van der Waals surface area contributed by atoms with Crippen molar-refractivity contribution in [3.05, 3.63) is 32.7 Å². The molecule has 0 unspecified atom stereocenters. The van der Waals surface area contributed by atoms with Gasteiger partial charge in [-0.3, -0.25) is 4.79 Å². The van der Waals surface area contributed by atoms with Crippen LogP contribution in [0.4, 0.5) is 0 Å². The second-order valence-electron chi connectivity index (χ2n) is 4.12. The lowest BCUT2D eigenvalue weighted by molar-refractivity contribution is 0.0728. The smallest absolute Gasteiger partial charge is 0.253 e. The standard InChI is InChI=1S/C12H12Br3NO/c13-9-1-3-16(4-2-9)12(17)8-5-10(14)7-11(15)6-8/h5-7,9H,1-4H2. The second kappa shape index (κ2) is 5.85. The van der Waals surface area contributed by atoms with Gasteiger partial charge in [-0.1, -0.05) is 47.8 Å². The summed E-state index contributed by atoms with van der Waals surface area (Å²) in [6, 6.07) is 5.67. The van der Waals surface area contributed by atoms with Crippen LogP contribution < -0.4 is 0 Å². The van der Waals surface area contributed by atoms with Crippen LogP contribution >= 0.6 is 47.8 Å². The maximum absolute atomic E-state index is 12.3. The Morgan fingerprint density at radius 3 is 2.18 bits per heavy atom. The monoisotopic (exact) mass is 423 g/mol. The fourth-order valence-corrected chi connectivity index (χ4v) is 3.61. The van der Waals surface area contributed by atoms with E-state index in [0.29, 0.717) is 4.83 Å². The van der Waals surface area contributed by atoms with Gasteiger partial charge in [0.15, 0.2) is 0 Å². The van der Waals surface area contributed by atoms with E-state index in [1.54, 1.807) is 0 Å². The fraction of sp³-hybridized carbons (Fsp3) is 0.417. The topological polar surface area (TPSA) is 20.3 Å². The Kier molecular flexibility index (Phi) is 4.66. The van der Waals surface area contributed by atoms with Crippen molar-refractivity contribution in [2.75, 3.05) is 13.1 Å². The van der Waals surface area contributed by atoms with Crippen LogP contribution in [0.5, 0.6) is 0 Å². The average Bonchev–Trinajstić information content (AvgIpc) is 2.28. The molecule has 0 saturated carbocycles. The second-order valence-corrected chi connectivity index (χ2v) is 7.25. The van der Waals surface area contributed by atoms with Crippen LogP contribution in [0.15, 0.2) is 27.1 Å². The quantitative estimate of drug-likeness (QED) is 0.617. The molecule has 2 rings (SSSR count). The van der Waals surface area contributed by atoms with Gasteiger partial charge in [0.2, 0.25) is 0 Å². The highest BCUT2D eigenvalue weighted by Crippen LogP contribution is 2.23. The minimum atomic E-state index is 0.117. The minimum absolute atomic E-state index is 0.117. The molecule has 92 valence electrons. The Morgan fingerprint density at radius 2 is 1.65 bits per heavy atom. The number of benzene rings is 1. The third kappa shape index (κ3) is 3.55. The highest BCUT2D eigenvalue weighted by molar-refractivity contribution is 9.11. The molecule has 2 nitrogen and oxygen atoms in total. The summed E-state index contributed by atoms with van der Waals surface area (Å²) in [6.45, 7) is 1.66. The molecule has 0 aliphatic carbocycles. The number of hydrogen-bond acceptors (Lipinski definition) is 1. The fourth-order valence-electron chi connectivity index (χ4n) is 1.91. The molecule has 0 aromatic heterocycles. The molecule has 1 aromatic rings.